The van der Waals surface area contributed by atoms with Crippen molar-refractivity contribution in [3.05, 3.63) is 29.8 Å². The molecule has 0 spiro atoms. The van der Waals surface area contributed by atoms with Gasteiger partial charge in [0.1, 0.15) is 0 Å². The number of benzene rings is 1. The molecule has 2 aliphatic rings. The van der Waals surface area contributed by atoms with Gasteiger partial charge in [-0.05, 0) is 43.4 Å². The number of nitrogens with zero attached hydrogens (tertiary/aromatic N) is 2. The normalized spacial score (nSPS) is 20.5. The van der Waals surface area contributed by atoms with E-state index in [2.05, 4.69) is 0 Å². The Bertz CT molecular complexity index is 688. The molecule has 3 rings (SSSR count). The van der Waals surface area contributed by atoms with Crippen molar-refractivity contribution >= 4 is 15.9 Å². The van der Waals surface area contributed by atoms with Crippen molar-refractivity contribution in [1.82, 2.24) is 9.21 Å². The molecule has 5 nitrogen and oxygen atoms in total. The van der Waals surface area contributed by atoms with Crippen molar-refractivity contribution in [3.8, 4) is 0 Å². The molecule has 1 aliphatic heterocycles. The van der Waals surface area contributed by atoms with Crippen LogP contribution in [-0.2, 0) is 14.8 Å². The zero-order valence-corrected chi connectivity index (χ0v) is 15.1. The Morgan fingerprint density at radius 2 is 1.79 bits per heavy atom. The van der Waals surface area contributed by atoms with E-state index in [1.54, 1.807) is 18.2 Å². The van der Waals surface area contributed by atoms with Crippen LogP contribution in [0.3, 0.4) is 0 Å². The van der Waals surface area contributed by atoms with E-state index in [0.717, 1.165) is 18.4 Å². The predicted molar refractivity (Wildman–Crippen MR) is 93.1 cm³/mol. The lowest BCUT2D eigenvalue weighted by Gasteiger charge is -2.34. The molecular formula is C18H26N2O3S. The molecule has 1 aromatic rings. The maximum absolute atomic E-state index is 12.7. The highest BCUT2D eigenvalue weighted by Crippen LogP contribution is 2.28. The van der Waals surface area contributed by atoms with Crippen molar-refractivity contribution in [2.24, 2.45) is 5.92 Å². The van der Waals surface area contributed by atoms with Crippen LogP contribution < -0.4 is 0 Å². The first-order chi connectivity index (χ1) is 11.5. The van der Waals surface area contributed by atoms with Crippen LogP contribution in [0, 0.1) is 12.8 Å². The largest absolute Gasteiger partial charge is 0.340 e. The van der Waals surface area contributed by atoms with Crippen LogP contribution in [0.4, 0.5) is 0 Å². The van der Waals surface area contributed by atoms with Crippen LogP contribution in [0.1, 0.15) is 37.7 Å². The lowest BCUT2D eigenvalue weighted by atomic mass is 10.0. The number of hydrogen-bond donors (Lipinski definition) is 0. The van der Waals surface area contributed by atoms with Crippen LogP contribution in [0.25, 0.3) is 0 Å². The first kappa shape index (κ1) is 17.4. The minimum absolute atomic E-state index is 0.189. The number of carbonyl (C=O) groups excluding carboxylic acids is 1. The monoisotopic (exact) mass is 350 g/mol. The Kier molecular flexibility index (Phi) is 5.25. The second-order valence-corrected chi connectivity index (χ2v) is 8.89. The van der Waals surface area contributed by atoms with Gasteiger partial charge in [-0.3, -0.25) is 4.79 Å². The highest BCUT2D eigenvalue weighted by Gasteiger charge is 2.31. The predicted octanol–water partition coefficient (Wildman–Crippen LogP) is 2.41. The van der Waals surface area contributed by atoms with Crippen molar-refractivity contribution < 1.29 is 13.2 Å². The lowest BCUT2D eigenvalue weighted by Crippen LogP contribution is -2.50. The first-order valence-electron chi connectivity index (χ1n) is 8.81. The topological polar surface area (TPSA) is 57.7 Å². The lowest BCUT2D eigenvalue weighted by molar-refractivity contribution is -0.133. The Morgan fingerprint density at radius 3 is 2.42 bits per heavy atom. The van der Waals surface area contributed by atoms with E-state index in [-0.39, 0.29) is 5.91 Å². The van der Waals surface area contributed by atoms with Gasteiger partial charge in [0.2, 0.25) is 15.9 Å². The Morgan fingerprint density at radius 1 is 1.12 bits per heavy atom. The number of sulfonamides is 1. The summed E-state index contributed by atoms with van der Waals surface area (Å²) in [7, 11) is -3.46. The molecule has 6 heteroatoms. The molecule has 1 saturated heterocycles. The highest BCUT2D eigenvalue weighted by molar-refractivity contribution is 7.89. The molecular weight excluding hydrogens is 324 g/mol. The molecule has 0 bridgehead atoms. The average Bonchev–Trinajstić information content (AvgIpc) is 3.08. The summed E-state index contributed by atoms with van der Waals surface area (Å²) < 4.78 is 26.9. The second kappa shape index (κ2) is 7.23. The molecule has 0 atom stereocenters. The third kappa shape index (κ3) is 3.81. The third-order valence-electron chi connectivity index (χ3n) is 5.16. The van der Waals surface area contributed by atoms with Gasteiger partial charge in [0.15, 0.2) is 0 Å². The quantitative estimate of drug-likeness (QED) is 0.838. The van der Waals surface area contributed by atoms with Gasteiger partial charge in [0.25, 0.3) is 0 Å². The smallest absolute Gasteiger partial charge is 0.243 e. The van der Waals surface area contributed by atoms with Crippen LogP contribution in [0.2, 0.25) is 0 Å². The van der Waals surface area contributed by atoms with Crippen molar-refractivity contribution in [2.75, 3.05) is 26.2 Å². The van der Waals surface area contributed by atoms with E-state index < -0.39 is 10.0 Å². The average molecular weight is 350 g/mol. The number of rotatable bonds is 4. The van der Waals surface area contributed by atoms with Crippen LogP contribution in [0.5, 0.6) is 0 Å². The molecule has 0 radical (unpaired) electrons. The summed E-state index contributed by atoms with van der Waals surface area (Å²) in [6, 6.07) is 7.00. The van der Waals surface area contributed by atoms with Gasteiger partial charge >= 0.3 is 0 Å². The van der Waals surface area contributed by atoms with Crippen molar-refractivity contribution in [1.29, 1.82) is 0 Å². The number of amides is 1. The molecule has 1 amide bonds. The summed E-state index contributed by atoms with van der Waals surface area (Å²) >= 11 is 0. The maximum Gasteiger partial charge on any atom is 0.243 e. The van der Waals surface area contributed by atoms with Crippen LogP contribution in [-0.4, -0.2) is 49.7 Å². The van der Waals surface area contributed by atoms with Crippen LogP contribution >= 0.6 is 0 Å². The van der Waals surface area contributed by atoms with Crippen molar-refractivity contribution in [2.45, 2.75) is 43.9 Å². The van der Waals surface area contributed by atoms with Crippen LogP contribution in [0.15, 0.2) is 29.2 Å². The van der Waals surface area contributed by atoms with Gasteiger partial charge in [-0.15, -0.1) is 0 Å². The Hall–Kier alpha value is -1.40. The molecule has 24 heavy (non-hydrogen) atoms. The fourth-order valence-electron chi connectivity index (χ4n) is 3.69. The summed E-state index contributed by atoms with van der Waals surface area (Å²) in [6.45, 7) is 3.64. The van der Waals surface area contributed by atoms with Gasteiger partial charge < -0.3 is 4.90 Å². The second-order valence-electron chi connectivity index (χ2n) is 6.96. The first-order valence-corrected chi connectivity index (χ1v) is 10.3. The van der Waals surface area contributed by atoms with E-state index >= 15 is 0 Å². The highest BCUT2D eigenvalue weighted by atomic mass is 32.2. The fraction of sp³-hybridized carbons (Fsp3) is 0.611. The minimum Gasteiger partial charge on any atom is -0.340 e. The molecule has 1 aliphatic carbocycles. The van der Waals surface area contributed by atoms with Gasteiger partial charge in [-0.1, -0.05) is 25.0 Å². The van der Waals surface area contributed by atoms with Gasteiger partial charge in [0, 0.05) is 32.6 Å². The van der Waals surface area contributed by atoms with E-state index in [1.165, 1.54) is 17.1 Å². The summed E-state index contributed by atoms with van der Waals surface area (Å²) in [4.78, 5) is 14.6. The maximum atomic E-state index is 12.7. The summed E-state index contributed by atoms with van der Waals surface area (Å²) in [5, 5.41) is 0. The summed E-state index contributed by atoms with van der Waals surface area (Å²) in [5.74, 6) is 0.723. The van der Waals surface area contributed by atoms with Gasteiger partial charge in [0.05, 0.1) is 4.90 Å². The molecule has 1 aromatic carbocycles. The number of piperazine rings is 1. The third-order valence-corrected chi connectivity index (χ3v) is 7.05. The molecule has 132 valence electrons. The molecule has 1 heterocycles. The zero-order valence-electron chi connectivity index (χ0n) is 14.3. The molecule has 0 aromatic heterocycles. The summed E-state index contributed by atoms with van der Waals surface area (Å²) in [5.41, 5.74) is 0.932. The minimum atomic E-state index is -3.46. The number of hydrogen-bond acceptors (Lipinski definition) is 3. The Balaban J connectivity index is 1.59. The van der Waals surface area contributed by atoms with Gasteiger partial charge in [-0.2, -0.15) is 4.31 Å². The molecule has 0 N–H and O–H groups in total. The van der Waals surface area contributed by atoms with Gasteiger partial charge in [-0.25, -0.2) is 8.42 Å². The standard InChI is InChI=1S/C18H26N2O3S/c1-15-5-4-8-17(13-15)24(22,23)20-11-9-19(10-12-20)18(21)14-16-6-2-3-7-16/h4-5,8,13,16H,2-3,6-7,9-12,14H2,1H3. The molecule has 1 saturated carbocycles. The van der Waals surface area contributed by atoms with E-state index in [4.69, 9.17) is 0 Å². The zero-order chi connectivity index (χ0) is 17.2. The molecule has 2 fully saturated rings. The SMILES string of the molecule is Cc1cccc(S(=O)(=O)N2CCN(C(=O)CC3CCCC3)CC2)c1. The van der Waals surface area contributed by atoms with Crippen molar-refractivity contribution in [3.63, 3.8) is 0 Å². The summed E-state index contributed by atoms with van der Waals surface area (Å²) in [6.07, 6.45) is 5.42. The van der Waals surface area contributed by atoms with E-state index in [1.807, 2.05) is 17.9 Å². The number of aryl methyl sites for hydroxylation is 1. The van der Waals surface area contributed by atoms with E-state index in [9.17, 15) is 13.2 Å². The Labute approximate surface area is 144 Å². The number of carbonyl (C=O) groups is 1. The van der Waals surface area contributed by atoms with E-state index in [0.29, 0.717) is 43.4 Å². The molecule has 0 unspecified atom stereocenters. The fourth-order valence-corrected chi connectivity index (χ4v) is 5.22.